The maximum Gasteiger partial charge on any atom is 0.416 e. The molecule has 2 N–H and O–H groups in total. The van der Waals surface area contributed by atoms with E-state index in [2.05, 4.69) is 20.5 Å². The van der Waals surface area contributed by atoms with E-state index < -0.39 is 17.3 Å². The molecule has 1 heterocycles. The maximum absolute atomic E-state index is 12.6. The first kappa shape index (κ1) is 15.7. The number of halogens is 3. The van der Waals surface area contributed by atoms with Crippen LogP contribution in [0, 0.1) is 0 Å². The second-order valence-corrected chi connectivity index (χ2v) is 4.92. The highest BCUT2D eigenvalue weighted by Crippen LogP contribution is 2.29. The molecule has 0 unspecified atom stereocenters. The molecule has 24 heavy (non-hydrogen) atoms. The van der Waals surface area contributed by atoms with Crippen LogP contribution < -0.4 is 11.0 Å². The Morgan fingerprint density at radius 3 is 2.71 bits per heavy atom. The smallest absolute Gasteiger partial charge is 0.317 e. The van der Waals surface area contributed by atoms with Gasteiger partial charge in [-0.15, -0.1) is 0 Å². The number of para-hydroxylation sites is 2. The number of H-pyrrole nitrogens is 1. The monoisotopic (exact) mass is 332 g/mol. The summed E-state index contributed by atoms with van der Waals surface area (Å²) < 4.78 is 37.9. The summed E-state index contributed by atoms with van der Waals surface area (Å²) in [5.74, 6) is -0.0445. The molecule has 3 aromatic rings. The van der Waals surface area contributed by atoms with Crippen LogP contribution >= 0.6 is 0 Å². The van der Waals surface area contributed by atoms with E-state index in [1.54, 1.807) is 24.3 Å². The van der Waals surface area contributed by atoms with Gasteiger partial charge in [0.2, 0.25) is 5.82 Å². The Balaban J connectivity index is 1.82. The van der Waals surface area contributed by atoms with Crippen LogP contribution in [0.5, 0.6) is 0 Å². The first-order chi connectivity index (χ1) is 11.4. The van der Waals surface area contributed by atoms with Crippen LogP contribution in [0.25, 0.3) is 11.0 Å². The molecule has 0 atom stereocenters. The van der Waals surface area contributed by atoms with E-state index >= 15 is 0 Å². The number of nitrogens with one attached hydrogen (secondary N) is 2. The minimum atomic E-state index is -4.42. The van der Waals surface area contributed by atoms with Gasteiger partial charge in [0.05, 0.1) is 22.8 Å². The number of nitrogens with zero attached hydrogens (tertiary/aromatic N) is 2. The Hall–Kier alpha value is -3.16. The lowest BCUT2D eigenvalue weighted by atomic mass is 10.1. The largest absolute Gasteiger partial charge is 0.416 e. The SMILES string of the molecule is O=c1[nH]c2ccccc2nc1N/N=C/c1cccc(C(F)(F)F)c1. The number of rotatable bonds is 3. The number of hydrazone groups is 1. The summed E-state index contributed by atoms with van der Waals surface area (Å²) in [5, 5.41) is 3.78. The van der Waals surface area contributed by atoms with Crippen molar-refractivity contribution in [2.45, 2.75) is 6.18 Å². The third-order valence-electron chi connectivity index (χ3n) is 3.20. The van der Waals surface area contributed by atoms with Crippen LogP contribution in [0.2, 0.25) is 0 Å². The minimum absolute atomic E-state index is 0.0445. The fourth-order valence-electron chi connectivity index (χ4n) is 2.07. The Bertz CT molecular complexity index is 963. The third kappa shape index (κ3) is 3.43. The molecule has 0 spiro atoms. The van der Waals surface area contributed by atoms with Crippen LogP contribution in [0.3, 0.4) is 0 Å². The van der Waals surface area contributed by atoms with Crippen molar-refractivity contribution in [2.75, 3.05) is 5.43 Å². The lowest BCUT2D eigenvalue weighted by Gasteiger charge is -2.06. The van der Waals surface area contributed by atoms with E-state index in [1.165, 1.54) is 18.3 Å². The van der Waals surface area contributed by atoms with E-state index in [0.29, 0.717) is 11.0 Å². The molecule has 8 heteroatoms. The van der Waals surface area contributed by atoms with Crippen molar-refractivity contribution in [2.24, 2.45) is 5.10 Å². The quantitative estimate of drug-likeness (QED) is 0.570. The zero-order valence-corrected chi connectivity index (χ0v) is 12.1. The standard InChI is InChI=1S/C16H11F3N4O/c17-16(18,19)11-5-3-4-10(8-11)9-20-23-14-15(24)22-13-7-2-1-6-12(13)21-14/h1-9H,(H,21,23)(H,22,24)/b20-9+. The van der Waals surface area contributed by atoms with E-state index in [9.17, 15) is 18.0 Å². The van der Waals surface area contributed by atoms with Crippen molar-refractivity contribution in [1.82, 2.24) is 9.97 Å². The number of fused-ring (bicyclic) bond motifs is 1. The predicted octanol–water partition coefficient (Wildman–Crippen LogP) is 3.39. The van der Waals surface area contributed by atoms with Gasteiger partial charge in [0.25, 0.3) is 5.56 Å². The van der Waals surface area contributed by atoms with Gasteiger partial charge < -0.3 is 4.98 Å². The second-order valence-electron chi connectivity index (χ2n) is 4.92. The topological polar surface area (TPSA) is 70.1 Å². The highest BCUT2D eigenvalue weighted by molar-refractivity contribution is 5.80. The number of aromatic amines is 1. The molecule has 122 valence electrons. The van der Waals surface area contributed by atoms with Gasteiger partial charge in [-0.1, -0.05) is 24.3 Å². The molecule has 0 radical (unpaired) electrons. The number of alkyl halides is 3. The molecule has 5 nitrogen and oxygen atoms in total. The molecule has 2 aromatic carbocycles. The lowest BCUT2D eigenvalue weighted by Crippen LogP contribution is -2.13. The molecule has 0 saturated heterocycles. The highest BCUT2D eigenvalue weighted by atomic mass is 19.4. The van der Waals surface area contributed by atoms with E-state index in [-0.39, 0.29) is 11.4 Å². The zero-order valence-electron chi connectivity index (χ0n) is 12.1. The average Bonchev–Trinajstić information content (AvgIpc) is 2.55. The number of anilines is 1. The van der Waals surface area contributed by atoms with E-state index in [4.69, 9.17) is 0 Å². The molecule has 1 aromatic heterocycles. The summed E-state index contributed by atoms with van der Waals surface area (Å²) >= 11 is 0. The molecule has 0 saturated carbocycles. The first-order valence-electron chi connectivity index (χ1n) is 6.89. The third-order valence-corrected chi connectivity index (χ3v) is 3.20. The van der Waals surface area contributed by atoms with Crippen molar-refractivity contribution < 1.29 is 13.2 Å². The van der Waals surface area contributed by atoms with Crippen LogP contribution in [0.1, 0.15) is 11.1 Å². The predicted molar refractivity (Wildman–Crippen MR) is 85.0 cm³/mol. The zero-order chi connectivity index (χ0) is 17.2. The van der Waals surface area contributed by atoms with E-state index in [1.807, 2.05) is 0 Å². The summed E-state index contributed by atoms with van der Waals surface area (Å²) in [5.41, 5.74) is 2.59. The number of hydrogen-bond donors (Lipinski definition) is 2. The van der Waals surface area contributed by atoms with Gasteiger partial charge in [-0.3, -0.25) is 10.2 Å². The van der Waals surface area contributed by atoms with Crippen LogP contribution in [0.15, 0.2) is 58.4 Å². The van der Waals surface area contributed by atoms with Crippen molar-refractivity contribution in [3.8, 4) is 0 Å². The van der Waals surface area contributed by atoms with Crippen molar-refractivity contribution >= 4 is 23.1 Å². The molecule has 0 aliphatic heterocycles. The van der Waals surface area contributed by atoms with Crippen LogP contribution in [-0.2, 0) is 6.18 Å². The van der Waals surface area contributed by atoms with Crippen LogP contribution in [0.4, 0.5) is 19.0 Å². The molecular weight excluding hydrogens is 321 g/mol. The van der Waals surface area contributed by atoms with Crippen molar-refractivity contribution in [1.29, 1.82) is 0 Å². The van der Waals surface area contributed by atoms with Gasteiger partial charge in [0, 0.05) is 0 Å². The summed E-state index contributed by atoms with van der Waals surface area (Å²) in [6.07, 6.45) is -3.24. The van der Waals surface area contributed by atoms with Gasteiger partial charge >= 0.3 is 6.18 Å². The maximum atomic E-state index is 12.6. The molecule has 0 fully saturated rings. The summed E-state index contributed by atoms with van der Waals surface area (Å²) in [7, 11) is 0. The summed E-state index contributed by atoms with van der Waals surface area (Å²) in [4.78, 5) is 18.6. The Labute approximate surface area is 133 Å². The van der Waals surface area contributed by atoms with Crippen LogP contribution in [-0.4, -0.2) is 16.2 Å². The summed E-state index contributed by atoms with van der Waals surface area (Å²) in [6, 6.07) is 11.6. The molecule has 0 aliphatic carbocycles. The molecular formula is C16H11F3N4O. The first-order valence-corrected chi connectivity index (χ1v) is 6.89. The summed E-state index contributed by atoms with van der Waals surface area (Å²) in [6.45, 7) is 0. The normalized spacial score (nSPS) is 12.0. The highest BCUT2D eigenvalue weighted by Gasteiger charge is 2.30. The van der Waals surface area contributed by atoms with E-state index in [0.717, 1.165) is 12.1 Å². The number of hydrogen-bond acceptors (Lipinski definition) is 4. The minimum Gasteiger partial charge on any atom is -0.317 e. The Morgan fingerprint density at radius 2 is 1.92 bits per heavy atom. The van der Waals surface area contributed by atoms with Crippen molar-refractivity contribution in [3.05, 3.63) is 70.0 Å². The fraction of sp³-hybridized carbons (Fsp3) is 0.0625. The fourth-order valence-corrected chi connectivity index (χ4v) is 2.07. The van der Waals surface area contributed by atoms with Gasteiger partial charge in [-0.25, -0.2) is 4.98 Å². The van der Waals surface area contributed by atoms with Gasteiger partial charge in [0.1, 0.15) is 0 Å². The van der Waals surface area contributed by atoms with Gasteiger partial charge in [0.15, 0.2) is 0 Å². The Kier molecular flexibility index (Phi) is 4.03. The molecule has 0 amide bonds. The lowest BCUT2D eigenvalue weighted by molar-refractivity contribution is -0.137. The Morgan fingerprint density at radius 1 is 1.12 bits per heavy atom. The number of benzene rings is 2. The molecule has 0 aliphatic rings. The second kappa shape index (κ2) is 6.15. The molecule has 3 rings (SSSR count). The average molecular weight is 332 g/mol. The van der Waals surface area contributed by atoms with Crippen molar-refractivity contribution in [3.63, 3.8) is 0 Å². The van der Waals surface area contributed by atoms with Gasteiger partial charge in [-0.05, 0) is 29.8 Å². The number of aromatic nitrogens is 2. The van der Waals surface area contributed by atoms with Gasteiger partial charge in [-0.2, -0.15) is 18.3 Å². The molecule has 0 bridgehead atoms.